The van der Waals surface area contributed by atoms with E-state index in [0.29, 0.717) is 11.1 Å². The molecule has 0 bridgehead atoms. The number of carbonyl (C=O) groups excluding carboxylic acids is 1. The Morgan fingerprint density at radius 2 is 1.81 bits per heavy atom. The highest BCUT2D eigenvalue weighted by Crippen LogP contribution is 2.46. The van der Waals surface area contributed by atoms with Gasteiger partial charge in [0, 0.05) is 29.9 Å². The summed E-state index contributed by atoms with van der Waals surface area (Å²) in [6.07, 6.45) is 1.65. The largest absolute Gasteiger partial charge is 0.420 e. The van der Waals surface area contributed by atoms with Crippen LogP contribution in [0.4, 0.5) is 5.69 Å². The van der Waals surface area contributed by atoms with Crippen LogP contribution in [-0.2, 0) is 16.8 Å². The van der Waals surface area contributed by atoms with Crippen molar-refractivity contribution in [2.24, 2.45) is 0 Å². The van der Waals surface area contributed by atoms with Crippen LogP contribution in [0.3, 0.4) is 0 Å². The first-order chi connectivity index (χ1) is 12.4. The van der Waals surface area contributed by atoms with Gasteiger partial charge in [-0.2, -0.15) is 0 Å². The van der Waals surface area contributed by atoms with Gasteiger partial charge in [0.2, 0.25) is 0 Å². The van der Waals surface area contributed by atoms with Crippen molar-refractivity contribution >= 4 is 22.6 Å². The maximum Gasteiger partial charge on any atom is 0.420 e. The highest BCUT2D eigenvalue weighted by atomic mass is 16.4. The van der Waals surface area contributed by atoms with Crippen LogP contribution < -0.4 is 10.7 Å². The summed E-state index contributed by atoms with van der Waals surface area (Å²) in [5.74, 6) is -0.651. The molecule has 4 rings (SSSR count). The Kier molecular flexibility index (Phi) is 3.61. The lowest BCUT2D eigenvalue weighted by atomic mass is 9.83. The summed E-state index contributed by atoms with van der Waals surface area (Å²) in [6.45, 7) is 4.17. The van der Waals surface area contributed by atoms with Crippen molar-refractivity contribution in [3.8, 4) is 0 Å². The Hall–Kier alpha value is -3.08. The Labute approximate surface area is 151 Å². The second-order valence-electron chi connectivity index (χ2n) is 7.12. The number of carbonyl (C=O) groups is 1. The molecule has 0 atom stereocenters. The SMILES string of the molecule is CN1C(=CC(=O)Cn2c(=O)oc3ccccc32)C(C)(C)c2ccccc21. The molecule has 0 amide bonds. The zero-order valence-electron chi connectivity index (χ0n) is 15.0. The van der Waals surface area contributed by atoms with E-state index in [-0.39, 0.29) is 17.7 Å². The first-order valence-electron chi connectivity index (χ1n) is 8.56. The smallest absolute Gasteiger partial charge is 0.408 e. The van der Waals surface area contributed by atoms with Crippen LogP contribution in [0.25, 0.3) is 11.1 Å². The van der Waals surface area contributed by atoms with E-state index in [4.69, 9.17) is 4.42 Å². The lowest BCUT2D eigenvalue weighted by molar-refractivity contribution is -0.115. The average Bonchev–Trinajstić information content (AvgIpc) is 3.03. The molecule has 0 saturated heterocycles. The van der Waals surface area contributed by atoms with Gasteiger partial charge in [-0.05, 0) is 23.8 Å². The Morgan fingerprint density at radius 3 is 2.58 bits per heavy atom. The minimum absolute atomic E-state index is 0.0421. The summed E-state index contributed by atoms with van der Waals surface area (Å²) in [5, 5.41) is 0. The third kappa shape index (κ3) is 2.39. The molecule has 0 saturated carbocycles. The molecular weight excluding hydrogens is 328 g/mol. The number of benzene rings is 2. The number of allylic oxidation sites excluding steroid dienone is 2. The predicted molar refractivity (Wildman–Crippen MR) is 101 cm³/mol. The highest BCUT2D eigenvalue weighted by Gasteiger charge is 2.38. The number of nitrogens with zero attached hydrogens (tertiary/aromatic N) is 2. The molecule has 0 spiro atoms. The Bertz CT molecular complexity index is 1100. The van der Waals surface area contributed by atoms with E-state index < -0.39 is 5.76 Å². The molecule has 0 unspecified atom stereocenters. The molecule has 2 heterocycles. The molecular formula is C21H20N2O3. The highest BCUT2D eigenvalue weighted by molar-refractivity contribution is 5.93. The van der Waals surface area contributed by atoms with Crippen LogP contribution in [0.5, 0.6) is 0 Å². The second-order valence-corrected chi connectivity index (χ2v) is 7.12. The molecule has 1 aromatic heterocycles. The van der Waals surface area contributed by atoms with E-state index >= 15 is 0 Å². The molecule has 26 heavy (non-hydrogen) atoms. The first kappa shape index (κ1) is 16.4. The van der Waals surface area contributed by atoms with E-state index in [1.54, 1.807) is 24.3 Å². The summed E-state index contributed by atoms with van der Waals surface area (Å²) in [4.78, 5) is 26.9. The number of ketones is 1. The first-order valence-corrected chi connectivity index (χ1v) is 8.56. The normalized spacial score (nSPS) is 17.0. The fourth-order valence-corrected chi connectivity index (χ4v) is 3.78. The number of aromatic nitrogens is 1. The third-order valence-corrected chi connectivity index (χ3v) is 5.13. The molecule has 5 nitrogen and oxygen atoms in total. The van der Waals surface area contributed by atoms with Gasteiger partial charge in [0.25, 0.3) is 0 Å². The van der Waals surface area contributed by atoms with Gasteiger partial charge in [-0.3, -0.25) is 9.36 Å². The standard InChI is InChI=1S/C21H20N2O3/c1-21(2)15-8-4-5-9-16(15)22(3)19(21)12-14(24)13-23-17-10-6-7-11-18(17)26-20(23)25/h4-12H,13H2,1-3H3. The number of likely N-dealkylation sites (N-methyl/N-ethyl adjacent to an activating group) is 1. The van der Waals surface area contributed by atoms with E-state index in [1.165, 1.54) is 10.1 Å². The van der Waals surface area contributed by atoms with E-state index in [0.717, 1.165) is 11.4 Å². The molecule has 2 aromatic carbocycles. The lowest BCUT2D eigenvalue weighted by Gasteiger charge is -2.23. The third-order valence-electron chi connectivity index (χ3n) is 5.13. The molecule has 1 aliphatic rings. The van der Waals surface area contributed by atoms with Crippen molar-refractivity contribution in [2.45, 2.75) is 25.8 Å². The van der Waals surface area contributed by atoms with Crippen LogP contribution in [-0.4, -0.2) is 17.4 Å². The Balaban J connectivity index is 1.70. The number of para-hydroxylation sites is 3. The van der Waals surface area contributed by atoms with Crippen LogP contribution in [0.1, 0.15) is 19.4 Å². The van der Waals surface area contributed by atoms with E-state index in [2.05, 4.69) is 26.0 Å². The van der Waals surface area contributed by atoms with Crippen LogP contribution in [0.15, 0.2) is 69.5 Å². The Morgan fingerprint density at radius 1 is 1.12 bits per heavy atom. The number of hydrogen-bond donors (Lipinski definition) is 0. The maximum atomic E-state index is 12.7. The monoisotopic (exact) mass is 348 g/mol. The van der Waals surface area contributed by atoms with Crippen molar-refractivity contribution in [1.82, 2.24) is 4.57 Å². The molecule has 1 aliphatic heterocycles. The number of hydrogen-bond acceptors (Lipinski definition) is 4. The number of fused-ring (bicyclic) bond motifs is 2. The predicted octanol–water partition coefficient (Wildman–Crippen LogP) is 3.48. The van der Waals surface area contributed by atoms with Gasteiger partial charge < -0.3 is 9.32 Å². The molecule has 0 radical (unpaired) electrons. The molecule has 0 fully saturated rings. The maximum absolute atomic E-state index is 12.7. The molecule has 5 heteroatoms. The van der Waals surface area contributed by atoms with Gasteiger partial charge in [-0.15, -0.1) is 0 Å². The summed E-state index contributed by atoms with van der Waals surface area (Å²) in [7, 11) is 1.96. The van der Waals surface area contributed by atoms with Crippen molar-refractivity contribution in [2.75, 3.05) is 11.9 Å². The summed E-state index contributed by atoms with van der Waals surface area (Å²) >= 11 is 0. The summed E-state index contributed by atoms with van der Waals surface area (Å²) < 4.78 is 6.59. The van der Waals surface area contributed by atoms with E-state index in [9.17, 15) is 9.59 Å². The molecule has 0 aliphatic carbocycles. The van der Waals surface area contributed by atoms with Crippen LogP contribution >= 0.6 is 0 Å². The average molecular weight is 348 g/mol. The number of rotatable bonds is 3. The van der Waals surface area contributed by atoms with E-state index in [1.807, 2.05) is 30.1 Å². The van der Waals surface area contributed by atoms with Crippen LogP contribution in [0.2, 0.25) is 0 Å². The lowest BCUT2D eigenvalue weighted by Crippen LogP contribution is -2.26. The number of anilines is 1. The molecule has 132 valence electrons. The van der Waals surface area contributed by atoms with Gasteiger partial charge in [-0.1, -0.05) is 44.2 Å². The second kappa shape index (κ2) is 5.73. The van der Waals surface area contributed by atoms with Crippen molar-refractivity contribution in [3.63, 3.8) is 0 Å². The molecule has 0 N–H and O–H groups in total. The zero-order chi connectivity index (χ0) is 18.5. The fraction of sp³-hybridized carbons (Fsp3) is 0.238. The topological polar surface area (TPSA) is 55.5 Å². The van der Waals surface area contributed by atoms with Gasteiger partial charge >= 0.3 is 5.76 Å². The van der Waals surface area contributed by atoms with Crippen molar-refractivity contribution in [1.29, 1.82) is 0 Å². The van der Waals surface area contributed by atoms with Crippen LogP contribution in [0, 0.1) is 0 Å². The quantitative estimate of drug-likeness (QED) is 0.680. The van der Waals surface area contributed by atoms with Gasteiger partial charge in [0.05, 0.1) is 12.1 Å². The zero-order valence-corrected chi connectivity index (χ0v) is 15.0. The number of oxazole rings is 1. The van der Waals surface area contributed by atoms with Crippen molar-refractivity contribution < 1.29 is 9.21 Å². The van der Waals surface area contributed by atoms with Gasteiger partial charge in [0.15, 0.2) is 11.4 Å². The minimum atomic E-state index is -0.514. The minimum Gasteiger partial charge on any atom is -0.408 e. The molecule has 3 aromatic rings. The van der Waals surface area contributed by atoms with Crippen molar-refractivity contribution in [3.05, 3.63) is 76.4 Å². The fourth-order valence-electron chi connectivity index (χ4n) is 3.78. The van der Waals surface area contributed by atoms with Gasteiger partial charge in [0.1, 0.15) is 0 Å². The summed E-state index contributed by atoms with van der Waals surface area (Å²) in [6, 6.07) is 15.3. The van der Waals surface area contributed by atoms with Gasteiger partial charge in [-0.25, -0.2) is 4.79 Å². The summed E-state index contributed by atoms with van der Waals surface area (Å²) in [5.41, 5.74) is 4.06.